The number of benzene rings is 2. The third-order valence-electron chi connectivity index (χ3n) is 2.86. The van der Waals surface area contributed by atoms with Gasteiger partial charge in [0, 0.05) is 0 Å². The second-order valence-corrected chi connectivity index (χ2v) is 5.98. The summed E-state index contributed by atoms with van der Waals surface area (Å²) in [6, 6.07) is 17.8. The summed E-state index contributed by atoms with van der Waals surface area (Å²) in [7, 11) is 0. The van der Waals surface area contributed by atoms with Gasteiger partial charge in [-0.05, 0) is 0 Å². The molecule has 15 heavy (non-hydrogen) atoms. The van der Waals surface area contributed by atoms with Gasteiger partial charge >= 0.3 is 96.4 Å². The van der Waals surface area contributed by atoms with E-state index in [0.717, 1.165) is 6.42 Å². The molecule has 1 aliphatic heterocycles. The van der Waals surface area contributed by atoms with Gasteiger partial charge in [0.05, 0.1) is 0 Å². The Labute approximate surface area is 96.5 Å². The summed E-state index contributed by atoms with van der Waals surface area (Å²) in [5, 5.41) is 1.25. The molecule has 0 aromatic heterocycles. The summed E-state index contributed by atoms with van der Waals surface area (Å²) in [4.78, 5) is 0. The third-order valence-corrected chi connectivity index (χ3v) is 5.30. The number of rotatable bonds is 0. The Morgan fingerprint density at radius 1 is 0.733 bits per heavy atom. The quantitative estimate of drug-likeness (QED) is 0.636. The van der Waals surface area contributed by atoms with Crippen molar-refractivity contribution in [2.45, 2.75) is 11.7 Å². The van der Waals surface area contributed by atoms with Crippen LogP contribution in [0.15, 0.2) is 48.5 Å². The molecule has 0 saturated carbocycles. The maximum absolute atomic E-state index is 2.29. The van der Waals surface area contributed by atoms with E-state index in [-0.39, 0.29) is 0 Å². The van der Waals surface area contributed by atoms with Crippen LogP contribution in [0.2, 0.25) is 0 Å². The molecule has 0 N–H and O–H groups in total. The van der Waals surface area contributed by atoms with Crippen molar-refractivity contribution in [2.24, 2.45) is 0 Å². The van der Waals surface area contributed by atoms with Crippen molar-refractivity contribution in [3.8, 4) is 0 Å². The van der Waals surface area contributed by atoms with Crippen LogP contribution < -0.4 is 4.46 Å². The van der Waals surface area contributed by atoms with Gasteiger partial charge in [0.25, 0.3) is 0 Å². The summed E-state index contributed by atoms with van der Waals surface area (Å²) in [6.07, 6.45) is 1.12. The van der Waals surface area contributed by atoms with Gasteiger partial charge < -0.3 is 0 Å². The van der Waals surface area contributed by atoms with E-state index in [4.69, 9.17) is 0 Å². The fourth-order valence-corrected chi connectivity index (χ4v) is 4.32. The van der Waals surface area contributed by atoms with E-state index in [1.807, 2.05) is 0 Å². The van der Waals surface area contributed by atoms with Gasteiger partial charge in [-0.3, -0.25) is 0 Å². The monoisotopic (exact) mass is 260 g/mol. The predicted octanol–water partition coefficient (Wildman–Crippen LogP) is 2.12. The Balaban J connectivity index is 2.10. The second kappa shape index (κ2) is 3.84. The molecule has 0 saturated heterocycles. The van der Waals surface area contributed by atoms with Gasteiger partial charge in [0.1, 0.15) is 0 Å². The molecule has 0 aliphatic carbocycles. The number of hydrogen-bond acceptors (Lipinski definition) is 0. The molecule has 1 aliphatic rings. The van der Waals surface area contributed by atoms with Crippen LogP contribution >= 0.6 is 0 Å². The summed E-state index contributed by atoms with van der Waals surface area (Å²) in [5.41, 5.74) is 4.60. The maximum atomic E-state index is 2.29. The molecule has 1 heteroatoms. The fraction of sp³-hybridized carbons (Fsp3) is 0.143. The molecule has 0 amide bonds. The van der Waals surface area contributed by atoms with Crippen molar-refractivity contribution < 1.29 is 0 Å². The predicted molar refractivity (Wildman–Crippen MR) is 64.8 cm³/mol. The van der Waals surface area contributed by atoms with Gasteiger partial charge in [-0.15, -0.1) is 0 Å². The minimum absolute atomic E-state index is 0.614. The number of fused-ring (bicyclic) bond motifs is 2. The van der Waals surface area contributed by atoms with Gasteiger partial charge in [-0.25, -0.2) is 0 Å². The first-order chi connectivity index (χ1) is 7.43. The molecule has 2 aromatic carbocycles. The molecule has 0 atom stereocenters. The Bertz CT molecular complexity index is 443. The summed E-state index contributed by atoms with van der Waals surface area (Å²) < 4.78 is 1.58. The molecule has 0 radical (unpaired) electrons. The van der Waals surface area contributed by atoms with Crippen molar-refractivity contribution in [1.29, 1.82) is 0 Å². The SMILES string of the molecule is c1ccc2c(c1)C[Se]c1ccccc1C2. The van der Waals surface area contributed by atoms with Crippen LogP contribution in [0.4, 0.5) is 0 Å². The Morgan fingerprint density at radius 2 is 1.40 bits per heavy atom. The topological polar surface area (TPSA) is 0 Å². The van der Waals surface area contributed by atoms with Gasteiger partial charge in [-0.1, -0.05) is 0 Å². The standard InChI is InChI=1S/C14H12Se/c1-2-7-13-10-15-14-8-4-3-6-12(14)9-11(13)5-1/h1-8H,9-10H2. The molecule has 2 aromatic rings. The van der Waals surface area contributed by atoms with Crippen LogP contribution in [-0.2, 0) is 11.7 Å². The first-order valence-electron chi connectivity index (χ1n) is 5.21. The Kier molecular flexibility index (Phi) is 2.36. The molecule has 1 heterocycles. The van der Waals surface area contributed by atoms with E-state index in [1.54, 1.807) is 10.0 Å². The van der Waals surface area contributed by atoms with Crippen LogP contribution in [0, 0.1) is 0 Å². The van der Waals surface area contributed by atoms with Crippen molar-refractivity contribution in [3.05, 3.63) is 65.2 Å². The van der Waals surface area contributed by atoms with E-state index in [9.17, 15) is 0 Å². The fourth-order valence-electron chi connectivity index (χ4n) is 2.02. The normalized spacial score (nSPS) is 13.9. The molecule has 0 unspecified atom stereocenters. The Hall–Kier alpha value is -1.04. The minimum atomic E-state index is 0.614. The third kappa shape index (κ3) is 1.73. The molecule has 0 bridgehead atoms. The molecule has 0 fully saturated rings. The molecule has 0 spiro atoms. The van der Waals surface area contributed by atoms with E-state index in [0.29, 0.717) is 15.0 Å². The zero-order valence-corrected chi connectivity index (χ0v) is 10.2. The van der Waals surface area contributed by atoms with E-state index in [1.165, 1.54) is 16.4 Å². The zero-order valence-electron chi connectivity index (χ0n) is 8.44. The molecule has 74 valence electrons. The van der Waals surface area contributed by atoms with E-state index >= 15 is 0 Å². The summed E-state index contributed by atoms with van der Waals surface area (Å²) >= 11 is 0.614. The van der Waals surface area contributed by atoms with Crippen LogP contribution in [0.5, 0.6) is 0 Å². The first-order valence-corrected chi connectivity index (χ1v) is 7.28. The van der Waals surface area contributed by atoms with Crippen molar-refractivity contribution in [3.63, 3.8) is 0 Å². The van der Waals surface area contributed by atoms with Crippen LogP contribution in [-0.4, -0.2) is 15.0 Å². The van der Waals surface area contributed by atoms with Crippen LogP contribution in [0.3, 0.4) is 0 Å². The average molecular weight is 259 g/mol. The van der Waals surface area contributed by atoms with Gasteiger partial charge in [0.15, 0.2) is 0 Å². The first kappa shape index (κ1) is 9.20. The molecular formula is C14H12Se. The molecule has 0 nitrogen and oxygen atoms in total. The van der Waals surface area contributed by atoms with E-state index in [2.05, 4.69) is 48.5 Å². The molecule has 3 rings (SSSR count). The summed E-state index contributed by atoms with van der Waals surface area (Å²) in [5.74, 6) is 0. The van der Waals surface area contributed by atoms with Crippen molar-refractivity contribution >= 4 is 19.4 Å². The van der Waals surface area contributed by atoms with Crippen molar-refractivity contribution in [1.82, 2.24) is 0 Å². The zero-order chi connectivity index (χ0) is 10.1. The Morgan fingerprint density at radius 3 is 2.27 bits per heavy atom. The van der Waals surface area contributed by atoms with Crippen LogP contribution in [0.1, 0.15) is 16.7 Å². The second-order valence-electron chi connectivity index (χ2n) is 3.84. The van der Waals surface area contributed by atoms with Gasteiger partial charge in [0.2, 0.25) is 0 Å². The summed E-state index contributed by atoms with van der Waals surface area (Å²) in [6.45, 7) is 0. The number of hydrogen-bond donors (Lipinski definition) is 0. The average Bonchev–Trinajstić information content (AvgIpc) is 2.48. The van der Waals surface area contributed by atoms with Gasteiger partial charge in [-0.2, -0.15) is 0 Å². The van der Waals surface area contributed by atoms with Crippen molar-refractivity contribution in [2.75, 3.05) is 0 Å². The molecular weight excluding hydrogens is 247 g/mol. The van der Waals surface area contributed by atoms with Crippen LogP contribution in [0.25, 0.3) is 0 Å². The van der Waals surface area contributed by atoms with E-state index < -0.39 is 0 Å².